The minimum atomic E-state index is -0.893. The van der Waals surface area contributed by atoms with Crippen LogP contribution in [-0.2, 0) is 0 Å². The number of aliphatic hydroxyl groups is 3. The highest BCUT2D eigenvalue weighted by Gasteiger charge is 2.31. The highest BCUT2D eigenvalue weighted by Crippen LogP contribution is 2.36. The lowest BCUT2D eigenvalue weighted by molar-refractivity contribution is -0.00907. The van der Waals surface area contributed by atoms with Crippen LogP contribution in [0.4, 0.5) is 0 Å². The van der Waals surface area contributed by atoms with Crippen molar-refractivity contribution in [2.45, 2.75) is 55.1 Å². The molecule has 0 aliphatic rings. The lowest BCUT2D eigenvalue weighted by Gasteiger charge is -2.31. The first-order valence-corrected chi connectivity index (χ1v) is 6.93. The number of thioether (sulfide) groups is 1. The molecule has 0 saturated heterocycles. The lowest BCUT2D eigenvalue weighted by Crippen LogP contribution is -2.38. The van der Waals surface area contributed by atoms with Gasteiger partial charge in [-0.1, -0.05) is 18.2 Å². The maximum atomic E-state index is 10.2. The van der Waals surface area contributed by atoms with Crippen LogP contribution in [0, 0.1) is 0 Å². The summed E-state index contributed by atoms with van der Waals surface area (Å²) in [6, 6.07) is 9.84. The highest BCUT2D eigenvalue weighted by molar-refractivity contribution is 8.00. The van der Waals surface area contributed by atoms with Gasteiger partial charge in [-0.2, -0.15) is 0 Å². The summed E-state index contributed by atoms with van der Waals surface area (Å²) in [5.41, 5.74) is 0. The molecule has 3 nitrogen and oxygen atoms in total. The molecule has 0 saturated carbocycles. The van der Waals surface area contributed by atoms with Crippen LogP contribution in [0.5, 0.6) is 0 Å². The van der Waals surface area contributed by atoms with E-state index in [1.807, 2.05) is 44.2 Å². The molecule has 0 aliphatic carbocycles. The van der Waals surface area contributed by atoms with E-state index in [9.17, 15) is 15.3 Å². The molecule has 3 N–H and O–H groups in total. The summed E-state index contributed by atoms with van der Waals surface area (Å²) in [6.45, 7) is 5.39. The lowest BCUT2D eigenvalue weighted by atomic mass is 9.98. The molecule has 0 bridgehead atoms. The summed E-state index contributed by atoms with van der Waals surface area (Å²) in [4.78, 5) is 1.08. The van der Waals surface area contributed by atoms with Gasteiger partial charge in [-0.15, -0.1) is 11.8 Å². The van der Waals surface area contributed by atoms with Crippen LogP contribution in [0.3, 0.4) is 0 Å². The summed E-state index contributed by atoms with van der Waals surface area (Å²) in [5.74, 6) is 0. The maximum absolute atomic E-state index is 10.2. The number of hydrogen-bond acceptors (Lipinski definition) is 4. The zero-order chi connectivity index (χ0) is 13.8. The van der Waals surface area contributed by atoms with Gasteiger partial charge in [-0.3, -0.25) is 0 Å². The van der Waals surface area contributed by atoms with Crippen molar-refractivity contribution in [2.24, 2.45) is 0 Å². The van der Waals surface area contributed by atoms with Crippen molar-refractivity contribution < 1.29 is 15.3 Å². The minimum Gasteiger partial charge on any atom is -0.392 e. The molecule has 0 radical (unpaired) electrons. The Labute approximate surface area is 113 Å². The molecule has 1 aromatic rings. The molecule has 0 aliphatic heterocycles. The second-order valence-electron chi connectivity index (χ2n) is 5.08. The van der Waals surface area contributed by atoms with Gasteiger partial charge in [0.05, 0.1) is 18.3 Å². The van der Waals surface area contributed by atoms with Gasteiger partial charge < -0.3 is 15.3 Å². The minimum absolute atomic E-state index is 0.171. The Hall–Kier alpha value is -0.550. The van der Waals surface area contributed by atoms with E-state index in [0.29, 0.717) is 0 Å². The van der Waals surface area contributed by atoms with Crippen LogP contribution < -0.4 is 0 Å². The van der Waals surface area contributed by atoms with Crippen molar-refractivity contribution in [1.29, 1.82) is 0 Å². The third-order valence-electron chi connectivity index (χ3n) is 2.95. The molecule has 1 rings (SSSR count). The van der Waals surface area contributed by atoms with Crippen molar-refractivity contribution >= 4 is 11.8 Å². The summed E-state index contributed by atoms with van der Waals surface area (Å²) < 4.78 is -0.419. The normalized spacial score (nSPS) is 17.2. The first-order valence-electron chi connectivity index (χ1n) is 6.11. The molecular weight excluding hydrogens is 248 g/mol. The van der Waals surface area contributed by atoms with Crippen molar-refractivity contribution in [3.05, 3.63) is 30.3 Å². The Morgan fingerprint density at radius 1 is 1.11 bits per heavy atom. The molecule has 102 valence electrons. The highest BCUT2D eigenvalue weighted by atomic mass is 32.2. The second-order valence-corrected chi connectivity index (χ2v) is 6.81. The molecule has 3 atom stereocenters. The third-order valence-corrected chi connectivity index (χ3v) is 4.25. The SMILES string of the molecule is C[C@@H](O)[C@@H](O)C[C@H](O)C(C)(C)Sc1ccccc1. The average molecular weight is 270 g/mol. The van der Waals surface area contributed by atoms with Gasteiger partial charge in [0.1, 0.15) is 0 Å². The van der Waals surface area contributed by atoms with E-state index in [0.717, 1.165) is 4.90 Å². The standard InChI is InChI=1S/C14H22O3S/c1-10(15)12(16)9-13(17)14(2,3)18-11-7-5-4-6-8-11/h4-8,10,12-13,15-17H,9H2,1-3H3/t10-,12+,13+/m1/s1. The Kier molecular flexibility index (Phi) is 5.66. The van der Waals surface area contributed by atoms with Gasteiger partial charge in [0.15, 0.2) is 0 Å². The summed E-state index contributed by atoms with van der Waals surface area (Å²) in [5, 5.41) is 29.0. The van der Waals surface area contributed by atoms with E-state index in [1.165, 1.54) is 6.92 Å². The molecule has 0 heterocycles. The van der Waals surface area contributed by atoms with E-state index in [1.54, 1.807) is 11.8 Å². The predicted molar refractivity (Wildman–Crippen MR) is 74.7 cm³/mol. The topological polar surface area (TPSA) is 60.7 Å². The van der Waals surface area contributed by atoms with Crippen molar-refractivity contribution in [1.82, 2.24) is 0 Å². The molecule has 0 amide bonds. The monoisotopic (exact) mass is 270 g/mol. The summed E-state index contributed by atoms with van der Waals surface area (Å²) >= 11 is 1.56. The molecule has 4 heteroatoms. The van der Waals surface area contributed by atoms with Crippen LogP contribution in [0.1, 0.15) is 27.2 Å². The number of hydrogen-bond donors (Lipinski definition) is 3. The largest absolute Gasteiger partial charge is 0.392 e. The Bertz CT molecular complexity index is 351. The fourth-order valence-electron chi connectivity index (χ4n) is 1.57. The van der Waals surface area contributed by atoms with Crippen LogP contribution in [-0.4, -0.2) is 38.4 Å². The van der Waals surface area contributed by atoms with E-state index < -0.39 is 23.1 Å². The molecule has 1 aromatic carbocycles. The molecule has 0 unspecified atom stereocenters. The van der Waals surface area contributed by atoms with E-state index >= 15 is 0 Å². The fourth-order valence-corrected chi connectivity index (χ4v) is 2.70. The van der Waals surface area contributed by atoms with Crippen molar-refractivity contribution in [2.75, 3.05) is 0 Å². The first kappa shape index (κ1) is 15.5. The summed E-state index contributed by atoms with van der Waals surface area (Å²) in [7, 11) is 0. The van der Waals surface area contributed by atoms with E-state index in [4.69, 9.17) is 0 Å². The van der Waals surface area contributed by atoms with Gasteiger partial charge in [0, 0.05) is 16.1 Å². The quantitative estimate of drug-likeness (QED) is 0.692. The predicted octanol–water partition coefficient (Wildman–Crippen LogP) is 2.05. The van der Waals surface area contributed by atoms with Gasteiger partial charge in [0.2, 0.25) is 0 Å². The van der Waals surface area contributed by atoms with Crippen LogP contribution in [0.15, 0.2) is 35.2 Å². The van der Waals surface area contributed by atoms with Gasteiger partial charge in [-0.05, 0) is 32.9 Å². The van der Waals surface area contributed by atoms with Crippen LogP contribution in [0.25, 0.3) is 0 Å². The van der Waals surface area contributed by atoms with E-state index in [-0.39, 0.29) is 6.42 Å². The number of rotatable bonds is 6. The zero-order valence-corrected chi connectivity index (χ0v) is 11.9. The summed E-state index contributed by atoms with van der Waals surface area (Å²) in [6.07, 6.45) is -2.23. The second kappa shape index (κ2) is 6.57. The number of benzene rings is 1. The molecular formula is C14H22O3S. The zero-order valence-electron chi connectivity index (χ0n) is 11.1. The van der Waals surface area contributed by atoms with Crippen LogP contribution >= 0.6 is 11.8 Å². The van der Waals surface area contributed by atoms with Gasteiger partial charge in [-0.25, -0.2) is 0 Å². The van der Waals surface area contributed by atoms with Crippen LogP contribution in [0.2, 0.25) is 0 Å². The smallest absolute Gasteiger partial charge is 0.0821 e. The first-order chi connectivity index (χ1) is 8.33. The fraction of sp³-hybridized carbons (Fsp3) is 0.571. The molecule has 0 aromatic heterocycles. The Balaban J connectivity index is 2.62. The van der Waals surface area contributed by atoms with Gasteiger partial charge >= 0.3 is 0 Å². The average Bonchev–Trinajstić information content (AvgIpc) is 2.29. The van der Waals surface area contributed by atoms with E-state index in [2.05, 4.69) is 0 Å². The molecule has 0 fully saturated rings. The number of aliphatic hydroxyl groups excluding tert-OH is 3. The Morgan fingerprint density at radius 2 is 1.67 bits per heavy atom. The Morgan fingerprint density at radius 3 is 2.17 bits per heavy atom. The third kappa shape index (κ3) is 4.61. The maximum Gasteiger partial charge on any atom is 0.0821 e. The van der Waals surface area contributed by atoms with Gasteiger partial charge in [0.25, 0.3) is 0 Å². The van der Waals surface area contributed by atoms with Crippen molar-refractivity contribution in [3.8, 4) is 0 Å². The molecule has 18 heavy (non-hydrogen) atoms. The molecule has 0 spiro atoms. The van der Waals surface area contributed by atoms with Crippen molar-refractivity contribution in [3.63, 3.8) is 0 Å².